The van der Waals surface area contributed by atoms with Gasteiger partial charge in [0.2, 0.25) is 0 Å². The van der Waals surface area contributed by atoms with E-state index in [4.69, 9.17) is 9.72 Å². The zero-order valence-electron chi connectivity index (χ0n) is 12.9. The van der Waals surface area contributed by atoms with Crippen LogP contribution in [0.15, 0.2) is 65.8 Å². The van der Waals surface area contributed by atoms with E-state index >= 15 is 0 Å². The SMILES string of the molecule is O=C1OCC[C@H]1Sc1nc(-c2ccccc2)c(-c2ccccc2)[nH]1. The molecule has 0 radical (unpaired) electrons. The van der Waals surface area contributed by atoms with Crippen LogP contribution in [-0.4, -0.2) is 27.8 Å². The third-order valence-corrected chi connectivity index (χ3v) is 5.06. The van der Waals surface area contributed by atoms with Gasteiger partial charge < -0.3 is 9.72 Å². The van der Waals surface area contributed by atoms with E-state index in [0.29, 0.717) is 6.61 Å². The first-order chi connectivity index (χ1) is 11.8. The van der Waals surface area contributed by atoms with Gasteiger partial charge in [0.05, 0.1) is 18.0 Å². The number of imidazole rings is 1. The number of aromatic nitrogens is 2. The summed E-state index contributed by atoms with van der Waals surface area (Å²) < 4.78 is 5.04. The molecule has 0 spiro atoms. The highest BCUT2D eigenvalue weighted by atomic mass is 32.2. The maximum atomic E-state index is 11.7. The molecule has 2 heterocycles. The number of carbonyl (C=O) groups excluding carboxylic acids is 1. The van der Waals surface area contributed by atoms with Crippen LogP contribution >= 0.6 is 11.8 Å². The zero-order valence-corrected chi connectivity index (χ0v) is 13.8. The van der Waals surface area contributed by atoms with Crippen molar-refractivity contribution in [3.63, 3.8) is 0 Å². The van der Waals surface area contributed by atoms with E-state index in [0.717, 1.165) is 34.1 Å². The number of benzene rings is 2. The number of esters is 1. The van der Waals surface area contributed by atoms with Gasteiger partial charge >= 0.3 is 5.97 Å². The molecule has 0 unspecified atom stereocenters. The van der Waals surface area contributed by atoms with Crippen LogP contribution in [0.2, 0.25) is 0 Å². The van der Waals surface area contributed by atoms with Crippen LogP contribution in [0, 0.1) is 0 Å². The lowest BCUT2D eigenvalue weighted by molar-refractivity contribution is -0.137. The fourth-order valence-corrected chi connectivity index (χ4v) is 3.70. The van der Waals surface area contributed by atoms with Gasteiger partial charge in [0.25, 0.3) is 0 Å². The molecule has 4 rings (SSSR count). The van der Waals surface area contributed by atoms with Crippen LogP contribution in [-0.2, 0) is 9.53 Å². The van der Waals surface area contributed by atoms with Crippen molar-refractivity contribution in [2.24, 2.45) is 0 Å². The Labute approximate surface area is 144 Å². The number of hydrogen-bond donors (Lipinski definition) is 1. The second-order valence-corrected chi connectivity index (χ2v) is 6.75. The van der Waals surface area contributed by atoms with Crippen molar-refractivity contribution >= 4 is 17.7 Å². The van der Waals surface area contributed by atoms with Gasteiger partial charge in [0, 0.05) is 17.5 Å². The molecule has 2 aromatic carbocycles. The van der Waals surface area contributed by atoms with E-state index in [-0.39, 0.29) is 11.2 Å². The van der Waals surface area contributed by atoms with Gasteiger partial charge in [-0.3, -0.25) is 4.79 Å². The highest BCUT2D eigenvalue weighted by Crippen LogP contribution is 2.35. The average Bonchev–Trinajstić information content (AvgIpc) is 3.24. The van der Waals surface area contributed by atoms with E-state index in [1.54, 1.807) is 0 Å². The summed E-state index contributed by atoms with van der Waals surface area (Å²) in [5, 5.41) is 0.569. The van der Waals surface area contributed by atoms with Crippen molar-refractivity contribution in [3.8, 4) is 22.5 Å². The normalized spacial score (nSPS) is 17.0. The molecule has 0 saturated carbocycles. The van der Waals surface area contributed by atoms with Crippen LogP contribution in [0.3, 0.4) is 0 Å². The van der Waals surface area contributed by atoms with Crippen molar-refractivity contribution in [2.45, 2.75) is 16.8 Å². The molecule has 1 saturated heterocycles. The van der Waals surface area contributed by atoms with E-state index in [1.165, 1.54) is 11.8 Å². The summed E-state index contributed by atoms with van der Waals surface area (Å²) in [5.41, 5.74) is 3.99. The number of carbonyl (C=O) groups is 1. The molecule has 1 aromatic heterocycles. The lowest BCUT2D eigenvalue weighted by Crippen LogP contribution is -2.09. The first-order valence-corrected chi connectivity index (χ1v) is 8.73. The largest absolute Gasteiger partial charge is 0.465 e. The van der Waals surface area contributed by atoms with Gasteiger partial charge in [-0.05, 0) is 0 Å². The van der Waals surface area contributed by atoms with Crippen LogP contribution in [0.1, 0.15) is 6.42 Å². The third kappa shape index (κ3) is 2.95. The molecule has 5 heteroatoms. The second kappa shape index (κ2) is 6.53. The molecule has 24 heavy (non-hydrogen) atoms. The number of H-pyrrole nitrogens is 1. The fourth-order valence-electron chi connectivity index (χ4n) is 2.75. The number of ether oxygens (including phenoxy) is 1. The van der Waals surface area contributed by atoms with Crippen molar-refractivity contribution in [3.05, 3.63) is 60.7 Å². The van der Waals surface area contributed by atoms with Gasteiger partial charge in [0.1, 0.15) is 5.25 Å². The number of rotatable bonds is 4. The monoisotopic (exact) mass is 336 g/mol. The molecule has 1 aliphatic rings. The Hall–Kier alpha value is -2.53. The summed E-state index contributed by atoms with van der Waals surface area (Å²) in [5.74, 6) is -0.154. The number of aromatic amines is 1. The predicted octanol–water partition coefficient (Wildman–Crippen LogP) is 4.15. The molecule has 0 aliphatic carbocycles. The number of cyclic esters (lactones) is 1. The van der Waals surface area contributed by atoms with Crippen LogP contribution in [0.4, 0.5) is 0 Å². The third-order valence-electron chi connectivity index (χ3n) is 3.93. The van der Waals surface area contributed by atoms with E-state index < -0.39 is 0 Å². The van der Waals surface area contributed by atoms with Crippen LogP contribution in [0.25, 0.3) is 22.5 Å². The second-order valence-electron chi connectivity index (χ2n) is 5.56. The van der Waals surface area contributed by atoms with Crippen LogP contribution < -0.4 is 0 Å². The first kappa shape index (κ1) is 15.0. The quantitative estimate of drug-likeness (QED) is 0.727. The van der Waals surface area contributed by atoms with Crippen molar-refractivity contribution in [1.82, 2.24) is 9.97 Å². The molecule has 1 atom stereocenters. The lowest BCUT2D eigenvalue weighted by atomic mass is 10.1. The Morgan fingerprint density at radius 1 is 1.00 bits per heavy atom. The maximum absolute atomic E-state index is 11.7. The number of thioether (sulfide) groups is 1. The lowest BCUT2D eigenvalue weighted by Gasteiger charge is -2.02. The van der Waals surface area contributed by atoms with Crippen LogP contribution in [0.5, 0.6) is 0 Å². The molecular weight excluding hydrogens is 320 g/mol. The first-order valence-electron chi connectivity index (χ1n) is 7.85. The van der Waals surface area contributed by atoms with Crippen molar-refractivity contribution in [1.29, 1.82) is 0 Å². The molecular formula is C19H16N2O2S. The Bertz CT molecular complexity index is 789. The summed E-state index contributed by atoms with van der Waals surface area (Å²) in [7, 11) is 0. The highest BCUT2D eigenvalue weighted by Gasteiger charge is 2.29. The van der Waals surface area contributed by atoms with E-state index in [9.17, 15) is 4.79 Å². The Morgan fingerprint density at radius 2 is 1.67 bits per heavy atom. The molecule has 0 bridgehead atoms. The van der Waals surface area contributed by atoms with E-state index in [1.807, 2.05) is 48.5 Å². The van der Waals surface area contributed by atoms with Gasteiger partial charge in [-0.25, -0.2) is 4.98 Å². The van der Waals surface area contributed by atoms with Gasteiger partial charge in [0.15, 0.2) is 5.16 Å². The van der Waals surface area contributed by atoms with Crippen molar-refractivity contribution in [2.75, 3.05) is 6.61 Å². The summed E-state index contributed by atoms with van der Waals surface area (Å²) in [6, 6.07) is 20.2. The van der Waals surface area contributed by atoms with Gasteiger partial charge in [-0.2, -0.15) is 0 Å². The molecule has 3 aromatic rings. The number of nitrogens with zero attached hydrogens (tertiary/aromatic N) is 1. The summed E-state index contributed by atoms with van der Waals surface area (Å²) >= 11 is 1.44. The molecule has 4 nitrogen and oxygen atoms in total. The molecule has 0 amide bonds. The fraction of sp³-hybridized carbons (Fsp3) is 0.158. The predicted molar refractivity (Wildman–Crippen MR) is 94.7 cm³/mol. The van der Waals surface area contributed by atoms with Gasteiger partial charge in [-0.1, -0.05) is 72.4 Å². The minimum Gasteiger partial charge on any atom is -0.465 e. The Morgan fingerprint density at radius 3 is 2.29 bits per heavy atom. The topological polar surface area (TPSA) is 55.0 Å². The number of hydrogen-bond acceptors (Lipinski definition) is 4. The van der Waals surface area contributed by atoms with Gasteiger partial charge in [-0.15, -0.1) is 0 Å². The molecule has 1 aliphatic heterocycles. The summed E-state index contributed by atoms with van der Waals surface area (Å²) in [6.07, 6.45) is 0.728. The number of nitrogens with one attached hydrogen (secondary N) is 1. The minimum atomic E-state index is -0.177. The Kier molecular flexibility index (Phi) is 4.09. The molecule has 1 fully saturated rings. The summed E-state index contributed by atoms with van der Waals surface area (Å²) in [6.45, 7) is 0.494. The molecule has 1 N–H and O–H groups in total. The smallest absolute Gasteiger partial charge is 0.319 e. The van der Waals surface area contributed by atoms with Crippen molar-refractivity contribution < 1.29 is 9.53 Å². The van der Waals surface area contributed by atoms with E-state index in [2.05, 4.69) is 17.1 Å². The summed E-state index contributed by atoms with van der Waals surface area (Å²) in [4.78, 5) is 19.9. The highest BCUT2D eigenvalue weighted by molar-refractivity contribution is 8.00. The average molecular weight is 336 g/mol. The standard InChI is InChI=1S/C19H16N2O2S/c22-18-15(11-12-23-18)24-19-20-16(13-7-3-1-4-8-13)17(21-19)14-9-5-2-6-10-14/h1-10,15H,11-12H2,(H,20,21)/t15-/m1/s1. The zero-order chi connectivity index (χ0) is 16.4. The minimum absolute atomic E-state index is 0.154. The Balaban J connectivity index is 1.75. The molecule has 120 valence electrons. The maximum Gasteiger partial charge on any atom is 0.319 e.